The summed E-state index contributed by atoms with van der Waals surface area (Å²) in [4.78, 5) is 12.4. The van der Waals surface area contributed by atoms with E-state index in [0.29, 0.717) is 25.6 Å². The van der Waals surface area contributed by atoms with Gasteiger partial charge in [-0.05, 0) is 26.0 Å². The second-order valence-electron chi connectivity index (χ2n) is 3.52. The van der Waals surface area contributed by atoms with E-state index in [1.165, 1.54) is 17.3 Å². The lowest BCUT2D eigenvalue weighted by Crippen LogP contribution is -2.12. The van der Waals surface area contributed by atoms with Crippen LogP contribution in [-0.4, -0.2) is 31.5 Å². The molecule has 0 spiro atoms. The van der Waals surface area contributed by atoms with E-state index in [1.807, 2.05) is 38.1 Å². The molecule has 0 N–H and O–H groups in total. The van der Waals surface area contributed by atoms with Crippen molar-refractivity contribution in [2.45, 2.75) is 18.7 Å². The summed E-state index contributed by atoms with van der Waals surface area (Å²) in [6, 6.07) is 8.08. The zero-order valence-corrected chi connectivity index (χ0v) is 11.1. The molecule has 0 saturated heterocycles. The van der Waals surface area contributed by atoms with Gasteiger partial charge in [0, 0.05) is 11.5 Å². The molecule has 0 atom stereocenters. The number of esters is 1. The standard InChI is InChI=1S/C13H18O3S/c1-3-15-8-9-16-13(14)10-17-12-6-4-11(2)5-7-12/h4-7H,3,8-10H2,1-2H3. The summed E-state index contributed by atoms with van der Waals surface area (Å²) < 4.78 is 10.1. The van der Waals surface area contributed by atoms with Gasteiger partial charge < -0.3 is 9.47 Å². The molecule has 0 radical (unpaired) electrons. The number of rotatable bonds is 7. The maximum absolute atomic E-state index is 11.3. The van der Waals surface area contributed by atoms with Gasteiger partial charge in [0.2, 0.25) is 0 Å². The molecule has 0 heterocycles. The van der Waals surface area contributed by atoms with Gasteiger partial charge in [-0.2, -0.15) is 0 Å². The third-order valence-corrected chi connectivity index (χ3v) is 3.06. The minimum atomic E-state index is -0.199. The van der Waals surface area contributed by atoms with Gasteiger partial charge >= 0.3 is 5.97 Å². The molecular weight excluding hydrogens is 236 g/mol. The van der Waals surface area contributed by atoms with Crippen molar-refractivity contribution in [2.75, 3.05) is 25.6 Å². The zero-order chi connectivity index (χ0) is 12.5. The second-order valence-corrected chi connectivity index (χ2v) is 4.57. The molecule has 0 amide bonds. The summed E-state index contributed by atoms with van der Waals surface area (Å²) in [7, 11) is 0. The number of benzene rings is 1. The molecule has 0 aliphatic carbocycles. The summed E-state index contributed by atoms with van der Waals surface area (Å²) in [6.45, 7) is 5.40. The molecule has 1 aromatic carbocycles. The molecule has 0 aliphatic rings. The number of carbonyl (C=O) groups is 1. The summed E-state index contributed by atoms with van der Waals surface area (Å²) >= 11 is 1.49. The van der Waals surface area contributed by atoms with Crippen molar-refractivity contribution in [3.05, 3.63) is 29.8 Å². The lowest BCUT2D eigenvalue weighted by molar-refractivity contribution is -0.141. The van der Waals surface area contributed by atoms with Crippen molar-refractivity contribution in [3.8, 4) is 0 Å². The quantitative estimate of drug-likeness (QED) is 0.426. The van der Waals surface area contributed by atoms with Gasteiger partial charge in [-0.3, -0.25) is 4.79 Å². The lowest BCUT2D eigenvalue weighted by atomic mass is 10.2. The first-order valence-corrected chi connectivity index (χ1v) is 6.63. The van der Waals surface area contributed by atoms with E-state index in [-0.39, 0.29) is 5.97 Å². The molecular formula is C13H18O3S. The monoisotopic (exact) mass is 254 g/mol. The fourth-order valence-electron chi connectivity index (χ4n) is 1.18. The van der Waals surface area contributed by atoms with Crippen LogP contribution in [0.2, 0.25) is 0 Å². The number of aryl methyl sites for hydroxylation is 1. The van der Waals surface area contributed by atoms with Gasteiger partial charge in [0.1, 0.15) is 6.61 Å². The van der Waals surface area contributed by atoms with Crippen molar-refractivity contribution in [2.24, 2.45) is 0 Å². The third-order valence-electron chi connectivity index (χ3n) is 2.07. The van der Waals surface area contributed by atoms with Crippen LogP contribution in [-0.2, 0) is 14.3 Å². The number of hydrogen-bond donors (Lipinski definition) is 0. The van der Waals surface area contributed by atoms with Gasteiger partial charge in [-0.1, -0.05) is 17.7 Å². The van der Waals surface area contributed by atoms with Crippen LogP contribution in [0, 0.1) is 6.92 Å². The van der Waals surface area contributed by atoms with Gasteiger partial charge in [-0.25, -0.2) is 0 Å². The number of hydrogen-bond acceptors (Lipinski definition) is 4. The van der Waals surface area contributed by atoms with Crippen LogP contribution in [0.4, 0.5) is 0 Å². The molecule has 3 nitrogen and oxygen atoms in total. The van der Waals surface area contributed by atoms with Crippen molar-refractivity contribution in [1.82, 2.24) is 0 Å². The topological polar surface area (TPSA) is 35.5 Å². The zero-order valence-electron chi connectivity index (χ0n) is 10.3. The first-order chi connectivity index (χ1) is 8.22. The highest BCUT2D eigenvalue weighted by Gasteiger charge is 2.03. The Kier molecular flexibility index (Phi) is 6.74. The van der Waals surface area contributed by atoms with E-state index in [4.69, 9.17) is 9.47 Å². The van der Waals surface area contributed by atoms with Crippen molar-refractivity contribution < 1.29 is 14.3 Å². The van der Waals surface area contributed by atoms with Crippen molar-refractivity contribution >= 4 is 17.7 Å². The fourth-order valence-corrected chi connectivity index (χ4v) is 1.87. The van der Waals surface area contributed by atoms with E-state index in [2.05, 4.69) is 0 Å². The number of carbonyl (C=O) groups excluding carboxylic acids is 1. The average Bonchev–Trinajstić information content (AvgIpc) is 2.34. The molecule has 1 aromatic rings. The summed E-state index contributed by atoms with van der Waals surface area (Å²) in [5.41, 5.74) is 1.22. The van der Waals surface area contributed by atoms with Crippen LogP contribution < -0.4 is 0 Å². The van der Waals surface area contributed by atoms with E-state index in [9.17, 15) is 4.79 Å². The van der Waals surface area contributed by atoms with Gasteiger partial charge in [-0.15, -0.1) is 11.8 Å². The predicted molar refractivity (Wildman–Crippen MR) is 69.4 cm³/mol. The van der Waals surface area contributed by atoms with E-state index in [1.54, 1.807) is 0 Å². The highest BCUT2D eigenvalue weighted by atomic mass is 32.2. The molecule has 0 saturated carbocycles. The summed E-state index contributed by atoms with van der Waals surface area (Å²) in [5, 5.41) is 0. The first-order valence-electron chi connectivity index (χ1n) is 5.65. The molecule has 0 bridgehead atoms. The second kappa shape index (κ2) is 8.14. The summed E-state index contributed by atoms with van der Waals surface area (Å²) in [6.07, 6.45) is 0. The molecule has 1 rings (SSSR count). The highest BCUT2D eigenvalue weighted by Crippen LogP contribution is 2.18. The Hall–Kier alpha value is -1.00. The SMILES string of the molecule is CCOCCOC(=O)CSc1ccc(C)cc1. The molecule has 4 heteroatoms. The number of thioether (sulfide) groups is 1. The Morgan fingerprint density at radius 3 is 2.59 bits per heavy atom. The summed E-state index contributed by atoms with van der Waals surface area (Å²) in [5.74, 6) is 0.144. The largest absolute Gasteiger partial charge is 0.463 e. The Bertz CT molecular complexity index is 335. The Morgan fingerprint density at radius 2 is 1.94 bits per heavy atom. The van der Waals surface area contributed by atoms with Crippen LogP contribution in [0.5, 0.6) is 0 Å². The van der Waals surface area contributed by atoms with Crippen LogP contribution in [0.1, 0.15) is 12.5 Å². The lowest BCUT2D eigenvalue weighted by Gasteiger charge is -2.05. The van der Waals surface area contributed by atoms with Crippen molar-refractivity contribution in [1.29, 1.82) is 0 Å². The highest BCUT2D eigenvalue weighted by molar-refractivity contribution is 8.00. The maximum atomic E-state index is 11.3. The van der Waals surface area contributed by atoms with Gasteiger partial charge in [0.05, 0.1) is 12.4 Å². The Labute approximate surface area is 106 Å². The van der Waals surface area contributed by atoms with Gasteiger partial charge in [0.25, 0.3) is 0 Å². The van der Waals surface area contributed by atoms with E-state index in [0.717, 1.165) is 4.90 Å². The Balaban J connectivity index is 2.17. The Morgan fingerprint density at radius 1 is 1.24 bits per heavy atom. The molecule has 17 heavy (non-hydrogen) atoms. The fraction of sp³-hybridized carbons (Fsp3) is 0.462. The normalized spacial score (nSPS) is 10.2. The smallest absolute Gasteiger partial charge is 0.316 e. The predicted octanol–water partition coefficient (Wildman–Crippen LogP) is 2.67. The minimum absolute atomic E-state index is 0.199. The van der Waals surface area contributed by atoms with E-state index < -0.39 is 0 Å². The van der Waals surface area contributed by atoms with Gasteiger partial charge in [0.15, 0.2) is 0 Å². The molecule has 94 valence electrons. The maximum Gasteiger partial charge on any atom is 0.316 e. The molecule has 0 fully saturated rings. The van der Waals surface area contributed by atoms with Crippen LogP contribution in [0.3, 0.4) is 0 Å². The molecule has 0 unspecified atom stereocenters. The van der Waals surface area contributed by atoms with Crippen LogP contribution in [0.25, 0.3) is 0 Å². The van der Waals surface area contributed by atoms with Crippen LogP contribution >= 0.6 is 11.8 Å². The average molecular weight is 254 g/mol. The third kappa shape index (κ3) is 6.34. The minimum Gasteiger partial charge on any atom is -0.463 e. The first kappa shape index (κ1) is 14.1. The van der Waals surface area contributed by atoms with Crippen LogP contribution in [0.15, 0.2) is 29.2 Å². The number of ether oxygens (including phenoxy) is 2. The molecule has 0 aliphatic heterocycles. The molecule has 0 aromatic heterocycles. The van der Waals surface area contributed by atoms with Crippen molar-refractivity contribution in [3.63, 3.8) is 0 Å². The van der Waals surface area contributed by atoms with E-state index >= 15 is 0 Å².